The first-order valence-electron chi connectivity index (χ1n) is 11.5. The Labute approximate surface area is 198 Å². The Balaban J connectivity index is 1.63. The number of rotatable bonds is 4. The standard InChI is InChI=1S/C24H30N8O2/c1-14-12-33-9-7-31(14)23-18-5-6-20(16-3-4-17(21(26)27)19(25)11-16)28-22(18)29-24(30-23)32-8-10-34-13-15(32)2/h3-6,11,14-15H,7-10,12-13,25H2,1-2H3,(H3,26,27)/t14-,15-/m0/s1. The highest BCUT2D eigenvalue weighted by atomic mass is 16.5. The number of aromatic nitrogens is 3. The number of nitrogen functional groups attached to an aromatic ring is 2. The Kier molecular flexibility index (Phi) is 5.93. The van der Waals surface area contributed by atoms with Crippen LogP contribution >= 0.6 is 0 Å². The Morgan fingerprint density at radius 2 is 1.68 bits per heavy atom. The van der Waals surface area contributed by atoms with Crippen molar-refractivity contribution in [2.24, 2.45) is 5.73 Å². The number of anilines is 3. The summed E-state index contributed by atoms with van der Waals surface area (Å²) >= 11 is 0. The molecule has 0 unspecified atom stereocenters. The van der Waals surface area contributed by atoms with E-state index in [1.165, 1.54) is 0 Å². The summed E-state index contributed by atoms with van der Waals surface area (Å²) in [5, 5.41) is 8.57. The monoisotopic (exact) mass is 462 g/mol. The van der Waals surface area contributed by atoms with Crippen LogP contribution in [0.2, 0.25) is 0 Å². The number of pyridine rings is 1. The number of benzene rings is 1. The molecule has 2 aliphatic rings. The largest absolute Gasteiger partial charge is 0.398 e. The number of morpholine rings is 2. The maximum atomic E-state index is 7.67. The summed E-state index contributed by atoms with van der Waals surface area (Å²) in [6.07, 6.45) is 0. The lowest BCUT2D eigenvalue weighted by molar-refractivity contribution is 0.0973. The van der Waals surface area contributed by atoms with Gasteiger partial charge in [-0.15, -0.1) is 0 Å². The van der Waals surface area contributed by atoms with E-state index in [1.807, 2.05) is 18.2 Å². The summed E-state index contributed by atoms with van der Waals surface area (Å²) in [5.74, 6) is 1.48. The fourth-order valence-corrected chi connectivity index (χ4v) is 4.52. The molecule has 3 aromatic rings. The van der Waals surface area contributed by atoms with Crippen molar-refractivity contribution >= 4 is 34.3 Å². The van der Waals surface area contributed by atoms with Crippen molar-refractivity contribution in [3.8, 4) is 11.3 Å². The number of nitrogens with two attached hydrogens (primary N) is 2. The lowest BCUT2D eigenvalue weighted by atomic mass is 10.1. The summed E-state index contributed by atoms with van der Waals surface area (Å²) in [4.78, 5) is 19.3. The highest BCUT2D eigenvalue weighted by molar-refractivity contribution is 6.00. The summed E-state index contributed by atoms with van der Waals surface area (Å²) in [6.45, 7) is 8.35. The normalized spacial score (nSPS) is 21.1. The molecule has 2 fully saturated rings. The van der Waals surface area contributed by atoms with E-state index in [4.69, 9.17) is 41.3 Å². The lowest BCUT2D eigenvalue weighted by Gasteiger charge is -2.37. The van der Waals surface area contributed by atoms with Crippen molar-refractivity contribution in [3.05, 3.63) is 35.9 Å². The highest BCUT2D eigenvalue weighted by Gasteiger charge is 2.27. The molecule has 2 atom stereocenters. The molecule has 5 rings (SSSR count). The van der Waals surface area contributed by atoms with E-state index < -0.39 is 0 Å². The van der Waals surface area contributed by atoms with Crippen molar-refractivity contribution < 1.29 is 9.47 Å². The zero-order valence-electron chi connectivity index (χ0n) is 19.5. The third-order valence-electron chi connectivity index (χ3n) is 6.43. The minimum atomic E-state index is -0.0585. The average molecular weight is 463 g/mol. The fourth-order valence-electron chi connectivity index (χ4n) is 4.52. The SMILES string of the molecule is C[C@H]1COCCN1c1nc(N2CCOC[C@@H]2C)c2ccc(-c3ccc(C(=N)N)c(N)c3)nc2n1. The van der Waals surface area contributed by atoms with Gasteiger partial charge in [0.25, 0.3) is 0 Å². The number of amidine groups is 1. The van der Waals surface area contributed by atoms with Crippen molar-refractivity contribution in [2.75, 3.05) is 55.1 Å². The molecule has 34 heavy (non-hydrogen) atoms. The summed E-state index contributed by atoms with van der Waals surface area (Å²) in [5.41, 5.74) is 14.9. The molecule has 10 heteroatoms. The Morgan fingerprint density at radius 3 is 2.32 bits per heavy atom. The Morgan fingerprint density at radius 1 is 0.971 bits per heavy atom. The first-order valence-corrected chi connectivity index (χ1v) is 11.5. The van der Waals surface area contributed by atoms with Gasteiger partial charge in [0.15, 0.2) is 5.65 Å². The van der Waals surface area contributed by atoms with E-state index in [0.29, 0.717) is 49.3 Å². The minimum absolute atomic E-state index is 0.0585. The number of hydrogen-bond donors (Lipinski definition) is 3. The third kappa shape index (κ3) is 4.10. The first kappa shape index (κ1) is 22.3. The summed E-state index contributed by atoms with van der Waals surface area (Å²) in [6, 6.07) is 9.76. The third-order valence-corrected chi connectivity index (χ3v) is 6.43. The zero-order chi connectivity index (χ0) is 23.8. The smallest absolute Gasteiger partial charge is 0.229 e. The molecular formula is C24H30N8O2. The van der Waals surface area contributed by atoms with Crippen molar-refractivity contribution in [1.82, 2.24) is 15.0 Å². The molecule has 2 saturated heterocycles. The van der Waals surface area contributed by atoms with Crippen LogP contribution in [0.1, 0.15) is 19.4 Å². The maximum Gasteiger partial charge on any atom is 0.229 e. The van der Waals surface area contributed by atoms with Crippen molar-refractivity contribution in [2.45, 2.75) is 25.9 Å². The molecule has 1 aromatic carbocycles. The molecule has 0 radical (unpaired) electrons. The number of nitrogens with zero attached hydrogens (tertiary/aromatic N) is 5. The molecule has 178 valence electrons. The van der Waals surface area contributed by atoms with E-state index in [2.05, 4.69) is 23.6 Å². The van der Waals surface area contributed by atoms with Crippen molar-refractivity contribution in [3.63, 3.8) is 0 Å². The molecule has 2 aliphatic heterocycles. The molecule has 10 nitrogen and oxygen atoms in total. The van der Waals surface area contributed by atoms with Gasteiger partial charge in [0, 0.05) is 29.9 Å². The van der Waals surface area contributed by atoms with E-state index in [-0.39, 0.29) is 17.9 Å². The van der Waals surface area contributed by atoms with Crippen LogP contribution in [0.15, 0.2) is 30.3 Å². The van der Waals surface area contributed by atoms with E-state index in [1.54, 1.807) is 12.1 Å². The zero-order valence-corrected chi connectivity index (χ0v) is 19.5. The van der Waals surface area contributed by atoms with Crippen molar-refractivity contribution in [1.29, 1.82) is 5.41 Å². The number of ether oxygens (including phenoxy) is 2. The molecule has 0 saturated carbocycles. The summed E-state index contributed by atoms with van der Waals surface area (Å²) in [7, 11) is 0. The number of fused-ring (bicyclic) bond motifs is 1. The second-order valence-corrected chi connectivity index (χ2v) is 8.87. The van der Waals surface area contributed by atoms with Crippen LogP contribution in [0.5, 0.6) is 0 Å². The van der Waals surface area contributed by atoms with E-state index in [9.17, 15) is 0 Å². The predicted octanol–water partition coefficient (Wildman–Crippen LogP) is 2.01. The van der Waals surface area contributed by atoms with Gasteiger partial charge < -0.3 is 30.7 Å². The van der Waals surface area contributed by atoms with E-state index in [0.717, 1.165) is 35.6 Å². The Hall–Kier alpha value is -3.50. The average Bonchev–Trinajstić information content (AvgIpc) is 2.83. The molecular weight excluding hydrogens is 432 g/mol. The topological polar surface area (TPSA) is 140 Å². The second kappa shape index (κ2) is 9.03. The van der Waals surface area contributed by atoms with Gasteiger partial charge in [-0.2, -0.15) is 9.97 Å². The fraction of sp³-hybridized carbons (Fsp3) is 0.417. The van der Waals surface area contributed by atoms with Crippen LogP contribution in [0, 0.1) is 5.41 Å². The van der Waals surface area contributed by atoms with Gasteiger partial charge in [-0.1, -0.05) is 6.07 Å². The van der Waals surface area contributed by atoms with Gasteiger partial charge in [0.2, 0.25) is 5.95 Å². The van der Waals surface area contributed by atoms with Crippen LogP contribution in [0.25, 0.3) is 22.3 Å². The minimum Gasteiger partial charge on any atom is -0.398 e. The van der Waals surface area contributed by atoms with Crippen LogP contribution in [0.4, 0.5) is 17.5 Å². The first-order chi connectivity index (χ1) is 16.4. The van der Waals surface area contributed by atoms with Gasteiger partial charge in [0.1, 0.15) is 11.7 Å². The van der Waals surface area contributed by atoms with Gasteiger partial charge in [-0.25, -0.2) is 4.98 Å². The number of nitrogens with one attached hydrogen (secondary N) is 1. The Bertz CT molecular complexity index is 1230. The summed E-state index contributed by atoms with van der Waals surface area (Å²) < 4.78 is 11.3. The van der Waals surface area contributed by atoms with Crippen LogP contribution in [-0.4, -0.2) is 72.4 Å². The molecule has 2 aromatic heterocycles. The predicted molar refractivity (Wildman–Crippen MR) is 133 cm³/mol. The molecule has 0 aliphatic carbocycles. The highest BCUT2D eigenvalue weighted by Crippen LogP contribution is 2.32. The maximum absolute atomic E-state index is 7.67. The quantitative estimate of drug-likeness (QED) is 0.302. The van der Waals surface area contributed by atoms with Gasteiger partial charge in [-0.05, 0) is 38.1 Å². The van der Waals surface area contributed by atoms with Gasteiger partial charge in [0.05, 0.1) is 49.6 Å². The van der Waals surface area contributed by atoms with Gasteiger partial charge >= 0.3 is 0 Å². The van der Waals surface area contributed by atoms with Crippen LogP contribution < -0.4 is 21.3 Å². The molecule has 4 heterocycles. The number of hydrogen-bond acceptors (Lipinski definition) is 9. The molecule has 0 amide bonds. The van der Waals surface area contributed by atoms with Crippen LogP contribution in [0.3, 0.4) is 0 Å². The van der Waals surface area contributed by atoms with Gasteiger partial charge in [-0.3, -0.25) is 5.41 Å². The molecule has 0 bridgehead atoms. The lowest BCUT2D eigenvalue weighted by Crippen LogP contribution is -2.46. The molecule has 5 N–H and O–H groups in total. The van der Waals surface area contributed by atoms with E-state index >= 15 is 0 Å². The molecule has 0 spiro atoms. The van der Waals surface area contributed by atoms with Crippen LogP contribution in [-0.2, 0) is 9.47 Å². The second-order valence-electron chi connectivity index (χ2n) is 8.87.